The number of carbonyl (C=O) groups excluding carboxylic acids is 2. The van der Waals surface area contributed by atoms with E-state index in [1.165, 1.54) is 17.8 Å². The summed E-state index contributed by atoms with van der Waals surface area (Å²) < 4.78 is 2.88. The normalized spacial score (nSPS) is 10.8. The van der Waals surface area contributed by atoms with Crippen LogP contribution >= 0.6 is 50.9 Å². The van der Waals surface area contributed by atoms with Gasteiger partial charge < -0.3 is 15.2 Å². The van der Waals surface area contributed by atoms with Crippen LogP contribution in [0.25, 0.3) is 0 Å². The summed E-state index contributed by atoms with van der Waals surface area (Å²) in [5.41, 5.74) is 1.17. The van der Waals surface area contributed by atoms with Crippen LogP contribution in [-0.2, 0) is 17.8 Å². The minimum atomic E-state index is -0.245. The summed E-state index contributed by atoms with van der Waals surface area (Å²) in [5.74, 6) is 0.573. The van der Waals surface area contributed by atoms with Gasteiger partial charge in [-0.1, -0.05) is 50.9 Å². The van der Waals surface area contributed by atoms with Gasteiger partial charge in [-0.25, -0.2) is 0 Å². The van der Waals surface area contributed by atoms with Crippen LogP contribution in [0.2, 0.25) is 10.0 Å². The van der Waals surface area contributed by atoms with Gasteiger partial charge in [0.2, 0.25) is 5.91 Å². The van der Waals surface area contributed by atoms with Crippen LogP contribution in [0.5, 0.6) is 0 Å². The molecule has 0 aliphatic rings. The van der Waals surface area contributed by atoms with Crippen molar-refractivity contribution in [3.05, 3.63) is 68.4 Å². The van der Waals surface area contributed by atoms with Gasteiger partial charge in [0.1, 0.15) is 5.82 Å². The first kappa shape index (κ1) is 24.6. The van der Waals surface area contributed by atoms with Gasteiger partial charge in [0, 0.05) is 35.2 Å². The van der Waals surface area contributed by atoms with Crippen LogP contribution in [0.4, 0.5) is 5.69 Å². The van der Waals surface area contributed by atoms with Crippen molar-refractivity contribution in [3.63, 3.8) is 0 Å². The van der Waals surface area contributed by atoms with E-state index in [4.69, 9.17) is 23.2 Å². The molecule has 0 spiro atoms. The maximum absolute atomic E-state index is 12.3. The fourth-order valence-corrected chi connectivity index (χ4v) is 4.20. The van der Waals surface area contributed by atoms with Crippen molar-refractivity contribution in [2.45, 2.75) is 25.0 Å². The zero-order valence-electron chi connectivity index (χ0n) is 17.1. The summed E-state index contributed by atoms with van der Waals surface area (Å²) in [5, 5.41) is 15.5. The number of amides is 2. The Kier molecular flexibility index (Phi) is 8.98. The van der Waals surface area contributed by atoms with Gasteiger partial charge in [0.05, 0.1) is 15.8 Å². The molecule has 168 valence electrons. The number of nitrogens with zero attached hydrogens (tertiary/aromatic N) is 3. The van der Waals surface area contributed by atoms with Crippen molar-refractivity contribution in [1.82, 2.24) is 20.1 Å². The SMILES string of the molecule is CCn1c(CCNC(=O)c2ccc(Cl)c(Cl)c2)nnc1SCC(=O)Nc1ccc(Br)cc1. The fraction of sp³-hybridized carbons (Fsp3) is 0.238. The van der Waals surface area contributed by atoms with Crippen molar-refractivity contribution in [1.29, 1.82) is 0 Å². The summed E-state index contributed by atoms with van der Waals surface area (Å²) in [6.45, 7) is 3.01. The van der Waals surface area contributed by atoms with E-state index >= 15 is 0 Å². The Hall–Kier alpha value is -2.07. The zero-order chi connectivity index (χ0) is 23.1. The standard InChI is InChI=1S/C21H20BrCl2N5O2S/c1-2-29-18(9-10-25-20(31)13-3-8-16(23)17(24)11-13)27-28-21(29)32-12-19(30)26-15-6-4-14(22)5-7-15/h3-8,11H,2,9-10,12H2,1H3,(H,25,31)(H,26,30). The number of thioether (sulfide) groups is 1. The lowest BCUT2D eigenvalue weighted by Crippen LogP contribution is -2.26. The van der Waals surface area contributed by atoms with Gasteiger partial charge in [-0.3, -0.25) is 9.59 Å². The minimum absolute atomic E-state index is 0.126. The molecule has 0 aliphatic heterocycles. The van der Waals surface area contributed by atoms with Crippen LogP contribution in [0.1, 0.15) is 23.1 Å². The lowest BCUT2D eigenvalue weighted by molar-refractivity contribution is -0.113. The lowest BCUT2D eigenvalue weighted by Gasteiger charge is -2.09. The van der Waals surface area contributed by atoms with Crippen molar-refractivity contribution in [2.75, 3.05) is 17.6 Å². The third-order valence-corrected chi connectivity index (χ3v) is 6.62. The molecule has 0 atom stereocenters. The van der Waals surface area contributed by atoms with Crippen molar-refractivity contribution >= 4 is 68.4 Å². The maximum atomic E-state index is 12.3. The molecule has 7 nitrogen and oxygen atoms in total. The second-order valence-corrected chi connectivity index (χ2v) is 9.29. The monoisotopic (exact) mass is 555 g/mol. The minimum Gasteiger partial charge on any atom is -0.352 e. The molecule has 11 heteroatoms. The van der Waals surface area contributed by atoms with Crippen molar-refractivity contribution in [3.8, 4) is 0 Å². The number of carbonyl (C=O) groups is 2. The van der Waals surface area contributed by atoms with Gasteiger partial charge in [0.25, 0.3) is 5.91 Å². The number of anilines is 1. The van der Waals surface area contributed by atoms with Crippen molar-refractivity contribution in [2.24, 2.45) is 0 Å². The molecule has 2 amide bonds. The first-order valence-electron chi connectivity index (χ1n) is 9.71. The van der Waals surface area contributed by atoms with E-state index in [1.807, 2.05) is 35.8 Å². The molecule has 0 saturated carbocycles. The Morgan fingerprint density at radius 3 is 2.53 bits per heavy atom. The van der Waals surface area contributed by atoms with E-state index in [-0.39, 0.29) is 17.6 Å². The molecular formula is C21H20BrCl2N5O2S. The molecule has 3 rings (SSSR count). The first-order chi connectivity index (χ1) is 15.4. The van der Waals surface area contributed by atoms with Gasteiger partial charge in [-0.15, -0.1) is 10.2 Å². The second kappa shape index (κ2) is 11.7. The smallest absolute Gasteiger partial charge is 0.251 e. The van der Waals surface area contributed by atoms with Gasteiger partial charge in [-0.05, 0) is 49.4 Å². The zero-order valence-corrected chi connectivity index (χ0v) is 21.0. The van der Waals surface area contributed by atoms with Gasteiger partial charge in [-0.2, -0.15) is 0 Å². The molecule has 0 aliphatic carbocycles. The Balaban J connectivity index is 1.51. The number of benzene rings is 2. The highest BCUT2D eigenvalue weighted by Crippen LogP contribution is 2.22. The van der Waals surface area contributed by atoms with Crippen LogP contribution < -0.4 is 10.6 Å². The molecule has 32 heavy (non-hydrogen) atoms. The number of aromatic nitrogens is 3. The highest BCUT2D eigenvalue weighted by molar-refractivity contribution is 9.10. The molecule has 2 N–H and O–H groups in total. The number of hydrogen-bond donors (Lipinski definition) is 2. The molecule has 0 radical (unpaired) electrons. The number of halogens is 3. The quantitative estimate of drug-likeness (QED) is 0.359. The number of hydrogen-bond acceptors (Lipinski definition) is 5. The lowest BCUT2D eigenvalue weighted by atomic mass is 10.2. The Bertz CT molecular complexity index is 1110. The Morgan fingerprint density at radius 1 is 1.09 bits per heavy atom. The third-order valence-electron chi connectivity index (χ3n) is 4.39. The van der Waals surface area contributed by atoms with E-state index in [2.05, 4.69) is 36.8 Å². The Morgan fingerprint density at radius 2 is 1.84 bits per heavy atom. The molecule has 2 aromatic carbocycles. The number of nitrogens with one attached hydrogen (secondary N) is 2. The number of rotatable bonds is 9. The highest BCUT2D eigenvalue weighted by Gasteiger charge is 2.14. The summed E-state index contributed by atoms with van der Waals surface area (Å²) in [6, 6.07) is 12.1. The Labute approximate surface area is 208 Å². The van der Waals surface area contributed by atoms with Crippen LogP contribution in [-0.4, -0.2) is 38.9 Å². The molecule has 3 aromatic rings. The molecular weight excluding hydrogens is 537 g/mol. The molecule has 0 unspecified atom stereocenters. The van der Waals surface area contributed by atoms with Crippen LogP contribution in [0.3, 0.4) is 0 Å². The first-order valence-corrected chi connectivity index (χ1v) is 12.2. The average molecular weight is 557 g/mol. The van der Waals surface area contributed by atoms with E-state index in [0.29, 0.717) is 40.3 Å². The summed E-state index contributed by atoms with van der Waals surface area (Å²) in [6.07, 6.45) is 0.500. The van der Waals surface area contributed by atoms with Gasteiger partial charge >= 0.3 is 0 Å². The topological polar surface area (TPSA) is 88.9 Å². The molecule has 1 aromatic heterocycles. The third kappa shape index (κ3) is 6.71. The van der Waals surface area contributed by atoms with E-state index in [0.717, 1.165) is 16.0 Å². The van der Waals surface area contributed by atoms with Gasteiger partial charge in [0.15, 0.2) is 5.16 Å². The average Bonchev–Trinajstić information content (AvgIpc) is 3.17. The molecule has 0 bridgehead atoms. The molecule has 1 heterocycles. The fourth-order valence-electron chi connectivity index (χ4n) is 2.82. The van der Waals surface area contributed by atoms with E-state index in [9.17, 15) is 9.59 Å². The summed E-state index contributed by atoms with van der Waals surface area (Å²) >= 11 is 16.5. The summed E-state index contributed by atoms with van der Waals surface area (Å²) in [4.78, 5) is 24.5. The second-order valence-electron chi connectivity index (χ2n) is 6.62. The molecule has 0 saturated heterocycles. The van der Waals surface area contributed by atoms with E-state index < -0.39 is 0 Å². The summed E-state index contributed by atoms with van der Waals surface area (Å²) in [7, 11) is 0. The predicted octanol–water partition coefficient (Wildman–Crippen LogP) is 5.07. The predicted molar refractivity (Wildman–Crippen MR) is 132 cm³/mol. The van der Waals surface area contributed by atoms with Crippen LogP contribution in [0, 0.1) is 0 Å². The largest absolute Gasteiger partial charge is 0.352 e. The van der Waals surface area contributed by atoms with E-state index in [1.54, 1.807) is 12.1 Å². The maximum Gasteiger partial charge on any atom is 0.251 e. The van der Waals surface area contributed by atoms with Crippen molar-refractivity contribution < 1.29 is 9.59 Å². The van der Waals surface area contributed by atoms with Crippen LogP contribution in [0.15, 0.2) is 52.1 Å². The molecule has 0 fully saturated rings. The highest BCUT2D eigenvalue weighted by atomic mass is 79.9.